The number of carbonyl (C=O) groups excluding carboxylic acids is 1. The van der Waals surface area contributed by atoms with Crippen LogP contribution in [0.2, 0.25) is 5.02 Å². The molecule has 2 aromatic rings. The summed E-state index contributed by atoms with van der Waals surface area (Å²) in [4.78, 5) is 35.8. The van der Waals surface area contributed by atoms with Crippen LogP contribution in [0, 0.1) is 5.82 Å². The Bertz CT molecular complexity index is 823. The number of hydrogen-bond acceptors (Lipinski definition) is 3. The van der Waals surface area contributed by atoms with Gasteiger partial charge in [0.2, 0.25) is 5.78 Å². The molecule has 5 nitrogen and oxygen atoms in total. The second-order valence-electron chi connectivity index (χ2n) is 4.25. The summed E-state index contributed by atoms with van der Waals surface area (Å²) in [6.07, 6.45) is 1.15. The van der Waals surface area contributed by atoms with Gasteiger partial charge in [0.25, 0.3) is 5.56 Å². The van der Waals surface area contributed by atoms with E-state index >= 15 is 0 Å². The minimum absolute atomic E-state index is 0.00353. The van der Waals surface area contributed by atoms with E-state index in [0.717, 1.165) is 27.5 Å². The van der Waals surface area contributed by atoms with E-state index in [9.17, 15) is 18.8 Å². The van der Waals surface area contributed by atoms with E-state index in [2.05, 4.69) is 0 Å². The van der Waals surface area contributed by atoms with Crippen molar-refractivity contribution in [2.24, 2.45) is 14.1 Å². The summed E-state index contributed by atoms with van der Waals surface area (Å²) >= 11 is 5.80. The number of aromatic nitrogens is 2. The molecule has 2 rings (SSSR count). The largest absolute Gasteiger partial charge is 0.330 e. The molecule has 0 unspecified atom stereocenters. The predicted molar refractivity (Wildman–Crippen MR) is 71.8 cm³/mol. The average Bonchev–Trinajstić information content (AvgIpc) is 2.40. The first-order valence-electron chi connectivity index (χ1n) is 5.59. The highest BCUT2D eigenvalue weighted by Crippen LogP contribution is 2.19. The average molecular weight is 297 g/mol. The van der Waals surface area contributed by atoms with Crippen molar-refractivity contribution in [2.45, 2.75) is 0 Å². The standard InChI is InChI=1S/C13H10ClFN2O3/c1-16-6-9(12(19)17(2)13(16)20)11(18)8-4-3-7(15)5-10(8)14/h3-6H,1-2H3. The van der Waals surface area contributed by atoms with E-state index in [-0.39, 0.29) is 16.1 Å². The van der Waals surface area contributed by atoms with Gasteiger partial charge in [-0.1, -0.05) is 11.6 Å². The lowest BCUT2D eigenvalue weighted by Gasteiger charge is -2.07. The Morgan fingerprint density at radius 3 is 2.45 bits per heavy atom. The van der Waals surface area contributed by atoms with Gasteiger partial charge in [-0.2, -0.15) is 0 Å². The van der Waals surface area contributed by atoms with Crippen LogP contribution >= 0.6 is 11.6 Å². The Labute approximate surface area is 117 Å². The first-order valence-corrected chi connectivity index (χ1v) is 5.97. The van der Waals surface area contributed by atoms with Gasteiger partial charge in [0, 0.05) is 25.9 Å². The number of nitrogens with zero attached hydrogens (tertiary/aromatic N) is 2. The van der Waals surface area contributed by atoms with E-state index in [1.54, 1.807) is 0 Å². The molecule has 1 heterocycles. The molecule has 0 saturated heterocycles. The van der Waals surface area contributed by atoms with Crippen molar-refractivity contribution in [3.63, 3.8) is 0 Å². The molecule has 0 saturated carbocycles. The monoisotopic (exact) mass is 296 g/mol. The molecule has 1 aromatic heterocycles. The molecular formula is C13H10ClFN2O3. The van der Waals surface area contributed by atoms with Crippen molar-refractivity contribution in [3.8, 4) is 0 Å². The Morgan fingerprint density at radius 2 is 1.85 bits per heavy atom. The van der Waals surface area contributed by atoms with E-state index in [0.29, 0.717) is 0 Å². The molecule has 7 heteroatoms. The van der Waals surface area contributed by atoms with E-state index in [1.165, 1.54) is 20.2 Å². The lowest BCUT2D eigenvalue weighted by Crippen LogP contribution is -2.39. The van der Waals surface area contributed by atoms with Gasteiger partial charge in [0.05, 0.1) is 5.02 Å². The number of benzene rings is 1. The number of ketones is 1. The molecule has 0 atom stereocenters. The fraction of sp³-hybridized carbons (Fsp3) is 0.154. The van der Waals surface area contributed by atoms with Crippen molar-refractivity contribution >= 4 is 17.4 Å². The lowest BCUT2D eigenvalue weighted by molar-refractivity contribution is 0.103. The third-order valence-electron chi connectivity index (χ3n) is 2.87. The van der Waals surface area contributed by atoms with E-state index < -0.39 is 22.8 Å². The fourth-order valence-electron chi connectivity index (χ4n) is 1.78. The Hall–Kier alpha value is -2.21. The normalized spacial score (nSPS) is 10.6. The topological polar surface area (TPSA) is 61.1 Å². The van der Waals surface area contributed by atoms with Gasteiger partial charge in [-0.05, 0) is 18.2 Å². The lowest BCUT2D eigenvalue weighted by atomic mass is 10.1. The van der Waals surface area contributed by atoms with Gasteiger partial charge in [0.15, 0.2) is 0 Å². The molecule has 0 bridgehead atoms. The molecule has 20 heavy (non-hydrogen) atoms. The maximum absolute atomic E-state index is 13.0. The zero-order valence-corrected chi connectivity index (χ0v) is 11.4. The maximum Gasteiger partial charge on any atom is 0.330 e. The van der Waals surface area contributed by atoms with Crippen molar-refractivity contribution in [2.75, 3.05) is 0 Å². The summed E-state index contributed by atoms with van der Waals surface area (Å²) in [7, 11) is 2.69. The maximum atomic E-state index is 13.0. The van der Waals surface area contributed by atoms with Gasteiger partial charge in [-0.3, -0.25) is 14.2 Å². The van der Waals surface area contributed by atoms with Crippen LogP contribution in [0.4, 0.5) is 4.39 Å². The predicted octanol–water partition coefficient (Wildman–Crippen LogP) is 1.11. The molecule has 0 radical (unpaired) electrons. The van der Waals surface area contributed by atoms with Gasteiger partial charge in [0.1, 0.15) is 11.4 Å². The van der Waals surface area contributed by atoms with Crippen LogP contribution in [0.25, 0.3) is 0 Å². The molecule has 0 fully saturated rings. The highest BCUT2D eigenvalue weighted by atomic mass is 35.5. The highest BCUT2D eigenvalue weighted by Gasteiger charge is 2.19. The molecule has 1 aromatic carbocycles. The molecule has 0 N–H and O–H groups in total. The van der Waals surface area contributed by atoms with Crippen LogP contribution in [-0.4, -0.2) is 14.9 Å². The van der Waals surface area contributed by atoms with Gasteiger partial charge in [-0.25, -0.2) is 9.18 Å². The second kappa shape index (κ2) is 5.05. The van der Waals surface area contributed by atoms with Crippen LogP contribution < -0.4 is 11.2 Å². The number of carbonyl (C=O) groups is 1. The number of hydrogen-bond donors (Lipinski definition) is 0. The number of halogens is 2. The molecular weight excluding hydrogens is 287 g/mol. The van der Waals surface area contributed by atoms with Crippen molar-refractivity contribution < 1.29 is 9.18 Å². The van der Waals surface area contributed by atoms with E-state index in [4.69, 9.17) is 11.6 Å². The van der Waals surface area contributed by atoms with Crippen molar-refractivity contribution in [1.29, 1.82) is 0 Å². The minimum atomic E-state index is -0.724. The smallest absolute Gasteiger partial charge is 0.303 e. The van der Waals surface area contributed by atoms with Crippen LogP contribution in [0.15, 0.2) is 34.0 Å². The third-order valence-corrected chi connectivity index (χ3v) is 3.18. The number of aryl methyl sites for hydroxylation is 1. The zero-order valence-electron chi connectivity index (χ0n) is 10.7. The van der Waals surface area contributed by atoms with Crippen LogP contribution in [0.1, 0.15) is 15.9 Å². The molecule has 0 spiro atoms. The first kappa shape index (κ1) is 14.2. The van der Waals surface area contributed by atoms with Crippen LogP contribution in [0.5, 0.6) is 0 Å². The van der Waals surface area contributed by atoms with Gasteiger partial charge in [-0.15, -0.1) is 0 Å². The second-order valence-corrected chi connectivity index (χ2v) is 4.66. The first-order chi connectivity index (χ1) is 9.32. The summed E-state index contributed by atoms with van der Waals surface area (Å²) in [6.45, 7) is 0. The third kappa shape index (κ3) is 2.30. The minimum Gasteiger partial charge on any atom is -0.303 e. The summed E-state index contributed by atoms with van der Waals surface area (Å²) in [6, 6.07) is 3.26. The summed E-state index contributed by atoms with van der Waals surface area (Å²) in [5, 5.41) is -0.0918. The van der Waals surface area contributed by atoms with Crippen LogP contribution in [0.3, 0.4) is 0 Å². The summed E-state index contributed by atoms with van der Waals surface area (Å²) < 4.78 is 14.9. The Kier molecular flexibility index (Phi) is 3.59. The summed E-state index contributed by atoms with van der Waals surface area (Å²) in [5.41, 5.74) is -1.47. The van der Waals surface area contributed by atoms with Crippen molar-refractivity contribution in [3.05, 3.63) is 67.2 Å². The molecule has 0 aliphatic carbocycles. The van der Waals surface area contributed by atoms with Crippen molar-refractivity contribution in [1.82, 2.24) is 9.13 Å². The molecule has 0 aliphatic heterocycles. The molecule has 0 amide bonds. The number of rotatable bonds is 2. The molecule has 104 valence electrons. The quantitative estimate of drug-likeness (QED) is 0.780. The Morgan fingerprint density at radius 1 is 1.20 bits per heavy atom. The highest BCUT2D eigenvalue weighted by molar-refractivity contribution is 6.34. The van der Waals surface area contributed by atoms with Gasteiger partial charge < -0.3 is 4.57 Å². The van der Waals surface area contributed by atoms with Gasteiger partial charge >= 0.3 is 5.69 Å². The van der Waals surface area contributed by atoms with E-state index in [1.807, 2.05) is 0 Å². The molecule has 0 aliphatic rings. The fourth-order valence-corrected chi connectivity index (χ4v) is 2.04. The Balaban J connectivity index is 2.66. The van der Waals surface area contributed by atoms with Crippen LogP contribution in [-0.2, 0) is 14.1 Å². The SMILES string of the molecule is Cn1cc(C(=O)c2ccc(F)cc2Cl)c(=O)n(C)c1=O. The zero-order chi connectivity index (χ0) is 15.0. The summed E-state index contributed by atoms with van der Waals surface area (Å²) in [5.74, 6) is -1.24.